The summed E-state index contributed by atoms with van der Waals surface area (Å²) in [5, 5.41) is 2.18. The van der Waals surface area contributed by atoms with Crippen LogP contribution in [0.1, 0.15) is 31.1 Å². The molecule has 3 heteroatoms. The van der Waals surface area contributed by atoms with Gasteiger partial charge in [-0.2, -0.15) is 0 Å². The molecule has 1 aromatic heterocycles. The molecule has 0 aromatic carbocycles. The van der Waals surface area contributed by atoms with Gasteiger partial charge in [0.25, 0.3) is 0 Å². The van der Waals surface area contributed by atoms with Crippen molar-refractivity contribution in [1.29, 1.82) is 0 Å². The predicted octanol–water partition coefficient (Wildman–Crippen LogP) is 3.10. The van der Waals surface area contributed by atoms with E-state index < -0.39 is 0 Å². The fourth-order valence-corrected chi connectivity index (χ4v) is 3.24. The molecule has 0 spiro atoms. The summed E-state index contributed by atoms with van der Waals surface area (Å²) in [5.41, 5.74) is 0. The van der Waals surface area contributed by atoms with Gasteiger partial charge in [-0.1, -0.05) is 25.8 Å². The Morgan fingerprint density at radius 3 is 2.39 bits per heavy atom. The van der Waals surface area contributed by atoms with Crippen molar-refractivity contribution in [2.45, 2.75) is 32.6 Å². The molecule has 0 bridgehead atoms. The Balaban J connectivity index is 1.58. The van der Waals surface area contributed by atoms with Crippen LogP contribution in [0.5, 0.6) is 0 Å². The van der Waals surface area contributed by atoms with E-state index in [1.807, 2.05) is 11.3 Å². The van der Waals surface area contributed by atoms with E-state index in [4.69, 9.17) is 0 Å². The predicted molar refractivity (Wildman–Crippen MR) is 80.4 cm³/mol. The van der Waals surface area contributed by atoms with Gasteiger partial charge in [0.05, 0.1) is 0 Å². The molecule has 0 amide bonds. The van der Waals surface area contributed by atoms with Gasteiger partial charge in [-0.05, 0) is 30.8 Å². The van der Waals surface area contributed by atoms with Crippen LogP contribution in [0.3, 0.4) is 0 Å². The van der Waals surface area contributed by atoms with Crippen LogP contribution < -0.4 is 0 Å². The molecule has 1 saturated heterocycles. The number of hydrogen-bond acceptors (Lipinski definition) is 3. The van der Waals surface area contributed by atoms with Crippen molar-refractivity contribution in [3.05, 3.63) is 22.4 Å². The Morgan fingerprint density at radius 2 is 1.78 bits per heavy atom. The fraction of sp³-hybridized carbons (Fsp3) is 0.733. The first-order valence-electron chi connectivity index (χ1n) is 7.35. The molecule has 1 aliphatic heterocycles. The van der Waals surface area contributed by atoms with Gasteiger partial charge in [0.2, 0.25) is 0 Å². The van der Waals surface area contributed by atoms with E-state index in [-0.39, 0.29) is 0 Å². The van der Waals surface area contributed by atoms with Gasteiger partial charge in [0, 0.05) is 37.6 Å². The summed E-state index contributed by atoms with van der Waals surface area (Å²) in [6, 6.07) is 4.41. The summed E-state index contributed by atoms with van der Waals surface area (Å²) in [5.74, 6) is 0. The topological polar surface area (TPSA) is 6.48 Å². The van der Waals surface area contributed by atoms with Gasteiger partial charge in [0.1, 0.15) is 0 Å². The highest BCUT2D eigenvalue weighted by molar-refractivity contribution is 7.09. The molecule has 2 heterocycles. The quantitative estimate of drug-likeness (QED) is 0.700. The Bertz CT molecular complexity index is 302. The molecule has 2 rings (SSSR count). The van der Waals surface area contributed by atoms with Crippen LogP contribution in [-0.4, -0.2) is 49.1 Å². The average Bonchev–Trinajstić information content (AvgIpc) is 2.91. The van der Waals surface area contributed by atoms with E-state index >= 15 is 0 Å². The fourth-order valence-electron chi connectivity index (χ4n) is 2.55. The zero-order valence-corrected chi connectivity index (χ0v) is 12.4. The van der Waals surface area contributed by atoms with Crippen LogP contribution in [0.4, 0.5) is 0 Å². The highest BCUT2D eigenvalue weighted by atomic mass is 32.1. The smallest absolute Gasteiger partial charge is 0.0110 e. The van der Waals surface area contributed by atoms with Gasteiger partial charge in [0.15, 0.2) is 0 Å². The lowest BCUT2D eigenvalue weighted by Crippen LogP contribution is -2.47. The summed E-state index contributed by atoms with van der Waals surface area (Å²) in [4.78, 5) is 6.79. The number of unbranched alkanes of at least 4 members (excludes halogenated alkanes) is 2. The van der Waals surface area contributed by atoms with E-state index in [2.05, 4.69) is 34.2 Å². The van der Waals surface area contributed by atoms with Crippen LogP contribution in [0.2, 0.25) is 0 Å². The van der Waals surface area contributed by atoms with Crippen molar-refractivity contribution < 1.29 is 0 Å². The Morgan fingerprint density at radius 1 is 1.06 bits per heavy atom. The molecule has 1 fully saturated rings. The zero-order valence-electron chi connectivity index (χ0n) is 11.6. The SMILES string of the molecule is CCCCCN1CCN(CCc2cccs2)CC1. The third-order valence-electron chi connectivity index (χ3n) is 3.80. The van der Waals surface area contributed by atoms with Gasteiger partial charge >= 0.3 is 0 Å². The van der Waals surface area contributed by atoms with Crippen LogP contribution in [0.25, 0.3) is 0 Å². The van der Waals surface area contributed by atoms with E-state index in [0.29, 0.717) is 0 Å². The Hall–Kier alpha value is -0.380. The molecular weight excluding hydrogens is 240 g/mol. The second kappa shape index (κ2) is 7.93. The minimum absolute atomic E-state index is 1.23. The lowest BCUT2D eigenvalue weighted by molar-refractivity contribution is 0.132. The van der Waals surface area contributed by atoms with Crippen LogP contribution in [0.15, 0.2) is 17.5 Å². The number of thiophene rings is 1. The van der Waals surface area contributed by atoms with Crippen molar-refractivity contribution in [3.8, 4) is 0 Å². The molecule has 0 aliphatic carbocycles. The minimum Gasteiger partial charge on any atom is -0.301 e. The lowest BCUT2D eigenvalue weighted by Gasteiger charge is -2.34. The maximum Gasteiger partial charge on any atom is 0.0110 e. The molecule has 102 valence electrons. The van der Waals surface area contributed by atoms with Crippen molar-refractivity contribution in [3.63, 3.8) is 0 Å². The second-order valence-corrected chi connectivity index (χ2v) is 6.25. The third-order valence-corrected chi connectivity index (χ3v) is 4.73. The summed E-state index contributed by atoms with van der Waals surface area (Å²) in [7, 11) is 0. The van der Waals surface area contributed by atoms with Gasteiger partial charge in [-0.15, -0.1) is 11.3 Å². The lowest BCUT2D eigenvalue weighted by atomic mass is 10.2. The Kier molecular flexibility index (Phi) is 6.18. The Labute approximate surface area is 116 Å². The molecular formula is C15H26N2S. The summed E-state index contributed by atoms with van der Waals surface area (Å²) >= 11 is 1.89. The molecule has 0 unspecified atom stereocenters. The van der Waals surface area contributed by atoms with Crippen molar-refractivity contribution in [1.82, 2.24) is 9.80 Å². The van der Waals surface area contributed by atoms with E-state index in [0.717, 1.165) is 0 Å². The summed E-state index contributed by atoms with van der Waals surface area (Å²) < 4.78 is 0. The highest BCUT2D eigenvalue weighted by Gasteiger charge is 2.15. The maximum absolute atomic E-state index is 2.64. The van der Waals surface area contributed by atoms with Crippen molar-refractivity contribution in [2.24, 2.45) is 0 Å². The standard InChI is InChI=1S/C15H26N2S/c1-2-3-4-8-16-10-12-17(13-11-16)9-7-15-6-5-14-18-15/h5-6,14H,2-4,7-13H2,1H3. The molecule has 18 heavy (non-hydrogen) atoms. The van der Waals surface area contributed by atoms with E-state index in [9.17, 15) is 0 Å². The van der Waals surface area contributed by atoms with Crippen molar-refractivity contribution >= 4 is 11.3 Å². The molecule has 2 nitrogen and oxygen atoms in total. The number of hydrogen-bond donors (Lipinski definition) is 0. The first-order valence-corrected chi connectivity index (χ1v) is 8.23. The maximum atomic E-state index is 2.64. The summed E-state index contributed by atoms with van der Waals surface area (Å²) in [6.07, 6.45) is 5.33. The third kappa shape index (κ3) is 4.71. The first-order chi connectivity index (χ1) is 8.88. The second-order valence-electron chi connectivity index (χ2n) is 5.22. The number of rotatable bonds is 7. The molecule has 0 radical (unpaired) electrons. The van der Waals surface area contributed by atoms with Gasteiger partial charge in [-0.3, -0.25) is 0 Å². The van der Waals surface area contributed by atoms with E-state index in [1.165, 1.54) is 69.8 Å². The normalized spacial score (nSPS) is 18.3. The molecule has 1 aliphatic rings. The molecule has 1 aromatic rings. The minimum atomic E-state index is 1.23. The molecule has 0 N–H and O–H groups in total. The van der Waals surface area contributed by atoms with Gasteiger partial charge < -0.3 is 9.80 Å². The number of piperazine rings is 1. The molecule has 0 atom stereocenters. The molecule has 0 saturated carbocycles. The van der Waals surface area contributed by atoms with Crippen LogP contribution in [0, 0.1) is 0 Å². The van der Waals surface area contributed by atoms with Crippen molar-refractivity contribution in [2.75, 3.05) is 39.3 Å². The van der Waals surface area contributed by atoms with Crippen LogP contribution >= 0.6 is 11.3 Å². The number of nitrogens with zero attached hydrogens (tertiary/aromatic N) is 2. The summed E-state index contributed by atoms with van der Waals surface area (Å²) in [6.45, 7) is 9.90. The van der Waals surface area contributed by atoms with E-state index in [1.54, 1.807) is 0 Å². The van der Waals surface area contributed by atoms with Crippen LogP contribution in [-0.2, 0) is 6.42 Å². The highest BCUT2D eigenvalue weighted by Crippen LogP contribution is 2.11. The first kappa shape index (κ1) is 14.0. The largest absolute Gasteiger partial charge is 0.301 e. The average molecular weight is 266 g/mol. The monoisotopic (exact) mass is 266 g/mol. The zero-order chi connectivity index (χ0) is 12.6. The van der Waals surface area contributed by atoms with Gasteiger partial charge in [-0.25, -0.2) is 0 Å².